The maximum Gasteiger partial charge on any atom is 0.241 e. The third-order valence-corrected chi connectivity index (χ3v) is 6.40. The van der Waals surface area contributed by atoms with Gasteiger partial charge in [-0.15, -0.1) is 0 Å². The van der Waals surface area contributed by atoms with E-state index in [1.54, 1.807) is 32.0 Å². The van der Waals surface area contributed by atoms with Crippen molar-refractivity contribution in [3.05, 3.63) is 48.5 Å². The zero-order chi connectivity index (χ0) is 23.8. The Morgan fingerprint density at radius 3 is 2.48 bits per heavy atom. The molecule has 0 fully saturated rings. The van der Waals surface area contributed by atoms with Gasteiger partial charge in [0.1, 0.15) is 24.5 Å². The molecule has 2 aromatic carbocycles. The van der Waals surface area contributed by atoms with Crippen molar-refractivity contribution in [2.24, 2.45) is 5.92 Å². The van der Waals surface area contributed by atoms with Gasteiger partial charge in [-0.3, -0.25) is 4.79 Å². The number of amides is 1. The SMILES string of the molecule is CC(C)C(NS(=O)(=O)c1ccc2c(c1)OCCCO2)C(=O)NCC(O)COc1ccccc1. The second-order valence-electron chi connectivity index (χ2n) is 8.03. The van der Waals surface area contributed by atoms with E-state index in [9.17, 15) is 18.3 Å². The molecule has 1 aliphatic heterocycles. The Labute approximate surface area is 194 Å². The summed E-state index contributed by atoms with van der Waals surface area (Å²) in [6, 6.07) is 12.3. The molecule has 3 N–H and O–H groups in total. The zero-order valence-corrected chi connectivity index (χ0v) is 19.5. The number of aliphatic hydroxyl groups is 1. The number of benzene rings is 2. The van der Waals surface area contributed by atoms with Crippen LogP contribution in [0.15, 0.2) is 53.4 Å². The monoisotopic (exact) mass is 478 g/mol. The van der Waals surface area contributed by atoms with Gasteiger partial charge in [0, 0.05) is 19.0 Å². The molecule has 0 aromatic heterocycles. The number of aliphatic hydroxyl groups excluding tert-OH is 1. The maximum atomic E-state index is 13.0. The molecule has 1 aliphatic rings. The van der Waals surface area contributed by atoms with Crippen LogP contribution in [0, 0.1) is 5.92 Å². The van der Waals surface area contributed by atoms with Crippen LogP contribution in [0.4, 0.5) is 0 Å². The van der Waals surface area contributed by atoms with E-state index in [1.165, 1.54) is 12.1 Å². The normalized spacial score (nSPS) is 15.4. The molecule has 0 bridgehead atoms. The predicted octanol–water partition coefficient (Wildman–Crippen LogP) is 1.71. The summed E-state index contributed by atoms with van der Waals surface area (Å²) in [7, 11) is -4.01. The fourth-order valence-electron chi connectivity index (χ4n) is 3.13. The summed E-state index contributed by atoms with van der Waals surface area (Å²) < 4.78 is 45.0. The van der Waals surface area contributed by atoms with Gasteiger partial charge >= 0.3 is 0 Å². The molecule has 0 aliphatic carbocycles. The third-order valence-electron chi connectivity index (χ3n) is 4.96. The van der Waals surface area contributed by atoms with Crippen LogP contribution >= 0.6 is 0 Å². The topological polar surface area (TPSA) is 123 Å². The molecule has 10 heteroatoms. The first-order chi connectivity index (χ1) is 15.8. The van der Waals surface area contributed by atoms with Crippen molar-refractivity contribution in [2.75, 3.05) is 26.4 Å². The van der Waals surface area contributed by atoms with Gasteiger partial charge < -0.3 is 24.6 Å². The molecule has 2 atom stereocenters. The van der Waals surface area contributed by atoms with E-state index >= 15 is 0 Å². The number of para-hydroxylation sites is 1. The number of ether oxygens (including phenoxy) is 3. The molecule has 0 saturated heterocycles. The fourth-order valence-corrected chi connectivity index (χ4v) is 4.49. The Balaban J connectivity index is 1.59. The van der Waals surface area contributed by atoms with Crippen LogP contribution in [0.2, 0.25) is 0 Å². The highest BCUT2D eigenvalue weighted by Crippen LogP contribution is 2.32. The average molecular weight is 479 g/mol. The van der Waals surface area contributed by atoms with Crippen LogP contribution in [-0.4, -0.2) is 57.9 Å². The number of nitrogens with one attached hydrogen (secondary N) is 2. The van der Waals surface area contributed by atoms with Crippen molar-refractivity contribution in [2.45, 2.75) is 37.3 Å². The van der Waals surface area contributed by atoms with Gasteiger partial charge in [0.15, 0.2) is 11.5 Å². The van der Waals surface area contributed by atoms with Crippen molar-refractivity contribution < 1.29 is 32.5 Å². The lowest BCUT2D eigenvalue weighted by molar-refractivity contribution is -0.124. The van der Waals surface area contributed by atoms with Crippen LogP contribution in [0.5, 0.6) is 17.2 Å². The number of carbonyl (C=O) groups is 1. The summed E-state index contributed by atoms with van der Waals surface area (Å²) in [4.78, 5) is 12.7. The van der Waals surface area contributed by atoms with Gasteiger partial charge in [-0.05, 0) is 30.2 Å². The molecule has 0 radical (unpaired) electrons. The van der Waals surface area contributed by atoms with Crippen LogP contribution in [0.25, 0.3) is 0 Å². The Bertz CT molecular complexity index is 1030. The number of hydrogen-bond donors (Lipinski definition) is 3. The predicted molar refractivity (Wildman–Crippen MR) is 122 cm³/mol. The number of fused-ring (bicyclic) bond motifs is 1. The minimum Gasteiger partial charge on any atom is -0.491 e. The molecule has 33 heavy (non-hydrogen) atoms. The van der Waals surface area contributed by atoms with Crippen molar-refractivity contribution in [1.82, 2.24) is 10.0 Å². The van der Waals surface area contributed by atoms with Gasteiger partial charge in [-0.1, -0.05) is 32.0 Å². The molecule has 0 spiro atoms. The summed E-state index contributed by atoms with van der Waals surface area (Å²) in [5.41, 5.74) is 0. The Morgan fingerprint density at radius 2 is 1.79 bits per heavy atom. The lowest BCUT2D eigenvalue weighted by Gasteiger charge is -2.23. The molecule has 2 unspecified atom stereocenters. The van der Waals surface area contributed by atoms with Crippen LogP contribution in [-0.2, 0) is 14.8 Å². The lowest BCUT2D eigenvalue weighted by atomic mass is 10.1. The summed E-state index contributed by atoms with van der Waals surface area (Å²) in [5.74, 6) is 0.559. The molecule has 180 valence electrons. The highest BCUT2D eigenvalue weighted by molar-refractivity contribution is 7.89. The number of hydrogen-bond acceptors (Lipinski definition) is 7. The summed E-state index contributed by atoms with van der Waals surface area (Å²) in [5, 5.41) is 12.7. The van der Waals surface area contributed by atoms with Crippen molar-refractivity contribution in [3.8, 4) is 17.2 Å². The first-order valence-electron chi connectivity index (χ1n) is 10.8. The summed E-state index contributed by atoms with van der Waals surface area (Å²) in [6.07, 6.45) is -0.257. The minimum absolute atomic E-state index is 0.0143. The lowest BCUT2D eigenvalue weighted by Crippen LogP contribution is -2.51. The van der Waals surface area contributed by atoms with Crippen LogP contribution < -0.4 is 24.2 Å². The Morgan fingerprint density at radius 1 is 1.09 bits per heavy atom. The van der Waals surface area contributed by atoms with E-state index in [4.69, 9.17) is 14.2 Å². The van der Waals surface area contributed by atoms with Crippen molar-refractivity contribution in [3.63, 3.8) is 0 Å². The summed E-state index contributed by atoms with van der Waals surface area (Å²) in [6.45, 7) is 4.29. The smallest absolute Gasteiger partial charge is 0.241 e. The third kappa shape index (κ3) is 7.08. The molecule has 0 saturated carbocycles. The van der Waals surface area contributed by atoms with Crippen molar-refractivity contribution >= 4 is 15.9 Å². The Hall–Kier alpha value is -2.82. The highest BCUT2D eigenvalue weighted by atomic mass is 32.2. The van der Waals surface area contributed by atoms with E-state index in [0.29, 0.717) is 36.9 Å². The van der Waals surface area contributed by atoms with Crippen LogP contribution in [0.3, 0.4) is 0 Å². The standard InChI is InChI=1S/C23H30N2O7S/c1-16(2)22(23(27)24-14-17(26)15-32-18-7-4-3-5-8-18)25-33(28,29)19-9-10-20-21(13-19)31-12-6-11-30-20/h3-5,7-10,13,16-17,22,25-26H,6,11-12,14-15H2,1-2H3,(H,24,27). The molecule has 9 nitrogen and oxygen atoms in total. The van der Waals surface area contributed by atoms with Gasteiger partial charge in [0.2, 0.25) is 15.9 Å². The van der Waals surface area contributed by atoms with E-state index in [-0.39, 0.29) is 24.0 Å². The zero-order valence-electron chi connectivity index (χ0n) is 18.7. The fraction of sp³-hybridized carbons (Fsp3) is 0.435. The first kappa shape index (κ1) is 24.8. The first-order valence-corrected chi connectivity index (χ1v) is 12.3. The quantitative estimate of drug-likeness (QED) is 0.475. The number of rotatable bonds is 10. The molecule has 2 aromatic rings. The van der Waals surface area contributed by atoms with Gasteiger partial charge in [-0.25, -0.2) is 8.42 Å². The van der Waals surface area contributed by atoms with E-state index in [0.717, 1.165) is 0 Å². The minimum atomic E-state index is -4.01. The molecular formula is C23H30N2O7S. The number of carbonyl (C=O) groups excluding carboxylic acids is 1. The highest BCUT2D eigenvalue weighted by Gasteiger charge is 2.29. The average Bonchev–Trinajstić information content (AvgIpc) is 3.05. The van der Waals surface area contributed by atoms with E-state index in [1.807, 2.05) is 18.2 Å². The number of sulfonamides is 1. The van der Waals surface area contributed by atoms with Crippen molar-refractivity contribution in [1.29, 1.82) is 0 Å². The van der Waals surface area contributed by atoms with E-state index in [2.05, 4.69) is 10.0 Å². The van der Waals surface area contributed by atoms with Gasteiger partial charge in [-0.2, -0.15) is 4.72 Å². The second-order valence-corrected chi connectivity index (χ2v) is 9.74. The van der Waals surface area contributed by atoms with E-state index < -0.39 is 28.1 Å². The summed E-state index contributed by atoms with van der Waals surface area (Å²) >= 11 is 0. The van der Waals surface area contributed by atoms with Crippen LogP contribution in [0.1, 0.15) is 20.3 Å². The molecule has 3 rings (SSSR count). The molecular weight excluding hydrogens is 448 g/mol. The second kappa shape index (κ2) is 11.4. The van der Waals surface area contributed by atoms with Gasteiger partial charge in [0.25, 0.3) is 0 Å². The maximum absolute atomic E-state index is 13.0. The molecule has 1 heterocycles. The Kier molecular flexibility index (Phi) is 8.54. The molecule has 1 amide bonds. The van der Waals surface area contributed by atoms with Gasteiger partial charge in [0.05, 0.1) is 18.1 Å². The largest absolute Gasteiger partial charge is 0.491 e.